The first-order valence-corrected chi connectivity index (χ1v) is 5.68. The van der Waals surface area contributed by atoms with E-state index >= 15 is 0 Å². The van der Waals surface area contributed by atoms with E-state index in [1.807, 2.05) is 0 Å². The molecule has 0 unspecified atom stereocenters. The van der Waals surface area contributed by atoms with Gasteiger partial charge >= 0.3 is 0 Å². The molecule has 16 heavy (non-hydrogen) atoms. The second kappa shape index (κ2) is 4.89. The zero-order valence-electron chi connectivity index (χ0n) is 9.86. The van der Waals surface area contributed by atoms with Crippen molar-refractivity contribution in [1.82, 2.24) is 14.8 Å². The Balaban J connectivity index is 2.02. The first kappa shape index (κ1) is 11.5. The molecule has 1 saturated heterocycles. The second-order valence-electron chi connectivity index (χ2n) is 4.55. The lowest BCUT2D eigenvalue weighted by molar-refractivity contribution is 0.0928. The molecule has 1 fully saturated rings. The van der Waals surface area contributed by atoms with E-state index in [-0.39, 0.29) is 5.82 Å². The highest BCUT2D eigenvalue weighted by molar-refractivity contribution is 5.12. The lowest BCUT2D eigenvalue weighted by Gasteiger charge is -2.38. The van der Waals surface area contributed by atoms with Crippen molar-refractivity contribution in [3.05, 3.63) is 29.8 Å². The number of aromatic nitrogens is 1. The maximum atomic E-state index is 13.4. The molecule has 0 aliphatic carbocycles. The molecule has 0 N–H and O–H groups in total. The van der Waals surface area contributed by atoms with Gasteiger partial charge in [-0.05, 0) is 20.0 Å². The Morgan fingerprint density at radius 3 is 3.00 bits per heavy atom. The third-order valence-electron chi connectivity index (χ3n) is 3.20. The standard InChI is InChI=1S/C12H18FN3/c1-10-8-15(2)5-6-16(10)9-11-3-4-14-7-12(11)13/h3-4,7,10H,5-6,8-9H2,1-2H3/t10-/m0/s1. The predicted octanol–water partition coefficient (Wildman–Crippen LogP) is 1.36. The van der Waals surface area contributed by atoms with Gasteiger partial charge in [0.05, 0.1) is 6.20 Å². The lowest BCUT2D eigenvalue weighted by atomic mass is 10.1. The fourth-order valence-corrected chi connectivity index (χ4v) is 2.16. The summed E-state index contributed by atoms with van der Waals surface area (Å²) in [4.78, 5) is 8.39. The van der Waals surface area contributed by atoms with E-state index in [0.29, 0.717) is 12.6 Å². The monoisotopic (exact) mass is 223 g/mol. The van der Waals surface area contributed by atoms with Crippen molar-refractivity contribution >= 4 is 0 Å². The second-order valence-corrected chi connectivity index (χ2v) is 4.55. The molecule has 1 aliphatic rings. The Labute approximate surface area is 95.9 Å². The first-order chi connectivity index (χ1) is 7.66. The molecule has 0 amide bonds. The van der Waals surface area contributed by atoms with Crippen LogP contribution in [0.1, 0.15) is 12.5 Å². The van der Waals surface area contributed by atoms with Crippen LogP contribution in [0.25, 0.3) is 0 Å². The van der Waals surface area contributed by atoms with Crippen molar-refractivity contribution in [3.63, 3.8) is 0 Å². The largest absolute Gasteiger partial charge is 0.304 e. The van der Waals surface area contributed by atoms with Crippen molar-refractivity contribution in [2.75, 3.05) is 26.7 Å². The summed E-state index contributed by atoms with van der Waals surface area (Å²) in [5.74, 6) is -0.200. The molecule has 0 aromatic carbocycles. The highest BCUT2D eigenvalue weighted by atomic mass is 19.1. The van der Waals surface area contributed by atoms with E-state index in [9.17, 15) is 4.39 Å². The van der Waals surface area contributed by atoms with Gasteiger partial charge in [0, 0.05) is 44.0 Å². The lowest BCUT2D eigenvalue weighted by Crippen LogP contribution is -2.49. The molecule has 0 saturated carbocycles. The summed E-state index contributed by atoms with van der Waals surface area (Å²) in [7, 11) is 2.13. The average Bonchev–Trinajstić information content (AvgIpc) is 2.25. The molecule has 1 aromatic heterocycles. The highest BCUT2D eigenvalue weighted by Gasteiger charge is 2.21. The van der Waals surface area contributed by atoms with Crippen LogP contribution >= 0.6 is 0 Å². The van der Waals surface area contributed by atoms with Crippen LogP contribution < -0.4 is 0 Å². The SMILES string of the molecule is C[C@H]1CN(C)CCN1Cc1ccncc1F. The molecular weight excluding hydrogens is 205 g/mol. The van der Waals surface area contributed by atoms with Gasteiger partial charge < -0.3 is 4.90 Å². The smallest absolute Gasteiger partial charge is 0.145 e. The zero-order valence-corrected chi connectivity index (χ0v) is 9.86. The van der Waals surface area contributed by atoms with Gasteiger partial charge in [-0.1, -0.05) is 0 Å². The van der Waals surface area contributed by atoms with Crippen LogP contribution in [0, 0.1) is 5.82 Å². The molecule has 1 aromatic rings. The minimum absolute atomic E-state index is 0.200. The first-order valence-electron chi connectivity index (χ1n) is 5.68. The number of likely N-dealkylation sites (N-methyl/N-ethyl adjacent to an activating group) is 1. The maximum absolute atomic E-state index is 13.4. The van der Waals surface area contributed by atoms with E-state index in [0.717, 1.165) is 25.2 Å². The Kier molecular flexibility index (Phi) is 3.51. The molecule has 88 valence electrons. The minimum Gasteiger partial charge on any atom is -0.304 e. The summed E-state index contributed by atoms with van der Waals surface area (Å²) in [5, 5.41) is 0. The van der Waals surface area contributed by atoms with Crippen LogP contribution in [-0.4, -0.2) is 47.5 Å². The summed E-state index contributed by atoms with van der Waals surface area (Å²) in [6.07, 6.45) is 2.94. The van der Waals surface area contributed by atoms with Gasteiger partial charge in [-0.25, -0.2) is 4.39 Å². The van der Waals surface area contributed by atoms with Crippen LogP contribution in [0.2, 0.25) is 0 Å². The summed E-state index contributed by atoms with van der Waals surface area (Å²) >= 11 is 0. The van der Waals surface area contributed by atoms with E-state index in [2.05, 4.69) is 28.8 Å². The predicted molar refractivity (Wildman–Crippen MR) is 61.6 cm³/mol. The van der Waals surface area contributed by atoms with Gasteiger partial charge in [-0.2, -0.15) is 0 Å². The van der Waals surface area contributed by atoms with Crippen molar-refractivity contribution in [2.45, 2.75) is 19.5 Å². The van der Waals surface area contributed by atoms with Crippen LogP contribution in [0.15, 0.2) is 18.5 Å². The van der Waals surface area contributed by atoms with Crippen LogP contribution in [0.4, 0.5) is 4.39 Å². The normalized spacial score (nSPS) is 23.6. The molecule has 1 aliphatic heterocycles. The molecule has 0 radical (unpaired) electrons. The summed E-state index contributed by atoms with van der Waals surface area (Å²) in [6, 6.07) is 2.24. The highest BCUT2D eigenvalue weighted by Crippen LogP contribution is 2.14. The van der Waals surface area contributed by atoms with Gasteiger partial charge in [0.1, 0.15) is 5.82 Å². The third kappa shape index (κ3) is 2.57. The average molecular weight is 223 g/mol. The van der Waals surface area contributed by atoms with Gasteiger partial charge in [-0.15, -0.1) is 0 Å². The van der Waals surface area contributed by atoms with Gasteiger partial charge in [0.15, 0.2) is 0 Å². The topological polar surface area (TPSA) is 19.4 Å². The van der Waals surface area contributed by atoms with Crippen molar-refractivity contribution < 1.29 is 4.39 Å². The van der Waals surface area contributed by atoms with Crippen LogP contribution in [0.3, 0.4) is 0 Å². The molecule has 2 rings (SSSR count). The fraction of sp³-hybridized carbons (Fsp3) is 0.583. The fourth-order valence-electron chi connectivity index (χ4n) is 2.16. The molecule has 3 nitrogen and oxygen atoms in total. The van der Waals surface area contributed by atoms with E-state index in [1.54, 1.807) is 12.3 Å². The molecule has 1 atom stereocenters. The summed E-state index contributed by atoms with van der Waals surface area (Å²) < 4.78 is 13.4. The Morgan fingerprint density at radius 2 is 2.31 bits per heavy atom. The van der Waals surface area contributed by atoms with Gasteiger partial charge in [-0.3, -0.25) is 9.88 Å². The Morgan fingerprint density at radius 1 is 1.50 bits per heavy atom. The zero-order chi connectivity index (χ0) is 11.5. The minimum atomic E-state index is -0.200. The quantitative estimate of drug-likeness (QED) is 0.754. The van der Waals surface area contributed by atoms with Crippen molar-refractivity contribution in [2.24, 2.45) is 0 Å². The number of halogens is 1. The number of rotatable bonds is 2. The van der Waals surface area contributed by atoms with Gasteiger partial charge in [0.25, 0.3) is 0 Å². The third-order valence-corrected chi connectivity index (χ3v) is 3.20. The van der Waals surface area contributed by atoms with Crippen molar-refractivity contribution in [1.29, 1.82) is 0 Å². The maximum Gasteiger partial charge on any atom is 0.145 e. The van der Waals surface area contributed by atoms with Crippen LogP contribution in [-0.2, 0) is 6.54 Å². The van der Waals surface area contributed by atoms with Gasteiger partial charge in [0.2, 0.25) is 0 Å². The van der Waals surface area contributed by atoms with E-state index < -0.39 is 0 Å². The summed E-state index contributed by atoms with van der Waals surface area (Å²) in [6.45, 7) is 5.97. The number of nitrogens with zero attached hydrogens (tertiary/aromatic N) is 3. The van der Waals surface area contributed by atoms with E-state index in [1.165, 1.54) is 6.20 Å². The summed E-state index contributed by atoms with van der Waals surface area (Å²) in [5.41, 5.74) is 0.742. The number of pyridine rings is 1. The molecular formula is C12H18FN3. The Bertz CT molecular complexity index is 356. The Hall–Kier alpha value is -1.00. The molecule has 0 bridgehead atoms. The number of hydrogen-bond acceptors (Lipinski definition) is 3. The molecule has 4 heteroatoms. The number of piperazine rings is 1. The van der Waals surface area contributed by atoms with Crippen molar-refractivity contribution in [3.8, 4) is 0 Å². The van der Waals surface area contributed by atoms with E-state index in [4.69, 9.17) is 0 Å². The molecule has 2 heterocycles. The molecule has 0 spiro atoms. The number of hydrogen-bond donors (Lipinski definition) is 0. The van der Waals surface area contributed by atoms with Crippen LogP contribution in [0.5, 0.6) is 0 Å².